The van der Waals surface area contributed by atoms with Crippen LogP contribution in [-0.2, 0) is 4.74 Å². The Bertz CT molecular complexity index is 476. The Hall–Kier alpha value is -1.13. The molecule has 1 fully saturated rings. The summed E-state index contributed by atoms with van der Waals surface area (Å²) in [5, 5.41) is 10.3. The minimum absolute atomic E-state index is 0.163. The van der Waals surface area contributed by atoms with Gasteiger partial charge < -0.3 is 14.6 Å². The molecule has 0 saturated heterocycles. The van der Waals surface area contributed by atoms with E-state index in [1.807, 2.05) is 0 Å². The predicted molar refractivity (Wildman–Crippen MR) is 68.6 cm³/mol. The maximum atomic E-state index is 13.3. The van der Waals surface area contributed by atoms with Crippen LogP contribution in [0.4, 0.5) is 4.39 Å². The molecule has 1 aliphatic heterocycles. The van der Waals surface area contributed by atoms with Crippen LogP contribution in [0.5, 0.6) is 5.75 Å². The van der Waals surface area contributed by atoms with Crippen LogP contribution >= 0.6 is 0 Å². The van der Waals surface area contributed by atoms with Gasteiger partial charge in [-0.05, 0) is 31.4 Å². The second kappa shape index (κ2) is 4.76. The van der Waals surface area contributed by atoms with Gasteiger partial charge in [-0.1, -0.05) is 0 Å². The first-order valence-electron chi connectivity index (χ1n) is 6.81. The molecule has 1 spiro atoms. The highest BCUT2D eigenvalue weighted by Crippen LogP contribution is 2.46. The fourth-order valence-corrected chi connectivity index (χ4v) is 3.36. The molecule has 0 aromatic heterocycles. The van der Waals surface area contributed by atoms with Gasteiger partial charge >= 0.3 is 0 Å². The van der Waals surface area contributed by atoms with Gasteiger partial charge in [-0.15, -0.1) is 0 Å². The van der Waals surface area contributed by atoms with Crippen molar-refractivity contribution in [2.24, 2.45) is 0 Å². The van der Waals surface area contributed by atoms with Gasteiger partial charge in [0.1, 0.15) is 17.2 Å². The molecular formula is C15H19FO3. The molecule has 1 heterocycles. The number of benzene rings is 1. The van der Waals surface area contributed by atoms with E-state index in [9.17, 15) is 9.50 Å². The van der Waals surface area contributed by atoms with Crippen LogP contribution in [0, 0.1) is 5.82 Å². The zero-order valence-electron chi connectivity index (χ0n) is 11.1. The van der Waals surface area contributed by atoms with E-state index in [4.69, 9.17) is 9.47 Å². The monoisotopic (exact) mass is 266 g/mol. The number of hydrogen-bond donors (Lipinski definition) is 1. The number of rotatable bonds is 1. The van der Waals surface area contributed by atoms with Crippen molar-refractivity contribution in [1.29, 1.82) is 0 Å². The quantitative estimate of drug-likeness (QED) is 0.849. The molecule has 3 rings (SSSR count). The summed E-state index contributed by atoms with van der Waals surface area (Å²) < 4.78 is 24.8. The first-order chi connectivity index (χ1) is 9.12. The van der Waals surface area contributed by atoms with Crippen LogP contribution in [-0.4, -0.2) is 23.9 Å². The Balaban J connectivity index is 1.90. The Morgan fingerprint density at radius 2 is 2.26 bits per heavy atom. The lowest BCUT2D eigenvalue weighted by molar-refractivity contribution is -0.0797. The molecule has 3 nitrogen and oxygen atoms in total. The van der Waals surface area contributed by atoms with Crippen LogP contribution in [0.2, 0.25) is 0 Å². The zero-order valence-corrected chi connectivity index (χ0v) is 11.1. The third-order valence-electron chi connectivity index (χ3n) is 4.32. The van der Waals surface area contributed by atoms with E-state index < -0.39 is 11.7 Å². The number of methoxy groups -OCH3 is 1. The number of fused-ring (bicyclic) bond motifs is 1. The number of aliphatic hydroxyl groups excluding tert-OH is 1. The van der Waals surface area contributed by atoms with E-state index in [0.29, 0.717) is 17.7 Å². The number of aliphatic hydroxyl groups is 1. The normalized spacial score (nSPS) is 33.8. The molecule has 2 aliphatic rings. The summed E-state index contributed by atoms with van der Waals surface area (Å²) in [6.45, 7) is 0. The molecule has 3 atom stereocenters. The summed E-state index contributed by atoms with van der Waals surface area (Å²) >= 11 is 0. The second-order valence-corrected chi connectivity index (χ2v) is 5.64. The number of hydrogen-bond acceptors (Lipinski definition) is 3. The molecule has 19 heavy (non-hydrogen) atoms. The molecule has 4 heteroatoms. The molecule has 104 valence electrons. The molecule has 1 aliphatic carbocycles. The largest absolute Gasteiger partial charge is 0.487 e. The smallest absolute Gasteiger partial charge is 0.128 e. The van der Waals surface area contributed by atoms with Gasteiger partial charge in [0, 0.05) is 31.6 Å². The third-order valence-corrected chi connectivity index (χ3v) is 4.32. The SMILES string of the molecule is COC1CCCC2(C1)CC(O)c1ccc(F)cc1O2. The van der Waals surface area contributed by atoms with Crippen molar-refractivity contribution >= 4 is 0 Å². The summed E-state index contributed by atoms with van der Waals surface area (Å²) in [6.07, 6.45) is 3.82. The summed E-state index contributed by atoms with van der Waals surface area (Å²) in [6, 6.07) is 4.34. The summed E-state index contributed by atoms with van der Waals surface area (Å²) in [5.41, 5.74) is 0.283. The van der Waals surface area contributed by atoms with Gasteiger partial charge in [0.05, 0.1) is 12.2 Å². The van der Waals surface area contributed by atoms with Crippen LogP contribution in [0.1, 0.15) is 43.8 Å². The van der Waals surface area contributed by atoms with Crippen molar-refractivity contribution in [3.63, 3.8) is 0 Å². The van der Waals surface area contributed by atoms with Crippen LogP contribution in [0.25, 0.3) is 0 Å². The van der Waals surface area contributed by atoms with Gasteiger partial charge in [0.15, 0.2) is 0 Å². The Labute approximate surface area is 112 Å². The van der Waals surface area contributed by atoms with Crippen molar-refractivity contribution < 1.29 is 19.0 Å². The molecule has 1 aromatic rings. The van der Waals surface area contributed by atoms with E-state index in [0.717, 1.165) is 25.7 Å². The van der Waals surface area contributed by atoms with Crippen molar-refractivity contribution in [2.45, 2.75) is 49.9 Å². The lowest BCUT2D eigenvalue weighted by Crippen LogP contribution is -2.46. The first-order valence-corrected chi connectivity index (χ1v) is 6.81. The lowest BCUT2D eigenvalue weighted by atomic mass is 9.76. The van der Waals surface area contributed by atoms with E-state index in [1.165, 1.54) is 12.1 Å². The minimum atomic E-state index is -0.583. The molecule has 0 radical (unpaired) electrons. The lowest BCUT2D eigenvalue weighted by Gasteiger charge is -2.45. The molecule has 0 amide bonds. The molecule has 1 aromatic carbocycles. The standard InChI is InChI=1S/C15H19FO3/c1-18-11-3-2-6-15(8-11)9-13(17)12-5-4-10(16)7-14(12)19-15/h4-5,7,11,13,17H,2-3,6,8-9H2,1H3. The topological polar surface area (TPSA) is 38.7 Å². The van der Waals surface area contributed by atoms with Gasteiger partial charge in [-0.3, -0.25) is 0 Å². The average Bonchev–Trinajstić information content (AvgIpc) is 2.38. The molecule has 1 saturated carbocycles. The van der Waals surface area contributed by atoms with Gasteiger partial charge in [-0.25, -0.2) is 4.39 Å². The Kier molecular flexibility index (Phi) is 3.23. The number of ether oxygens (including phenoxy) is 2. The van der Waals surface area contributed by atoms with E-state index in [-0.39, 0.29) is 11.9 Å². The minimum Gasteiger partial charge on any atom is -0.487 e. The predicted octanol–water partition coefficient (Wildman–Crippen LogP) is 2.97. The Morgan fingerprint density at radius 3 is 3.05 bits per heavy atom. The van der Waals surface area contributed by atoms with Crippen molar-refractivity contribution in [3.05, 3.63) is 29.6 Å². The van der Waals surface area contributed by atoms with Gasteiger partial charge in [0.25, 0.3) is 0 Å². The maximum Gasteiger partial charge on any atom is 0.128 e. The van der Waals surface area contributed by atoms with Crippen LogP contribution in [0.3, 0.4) is 0 Å². The van der Waals surface area contributed by atoms with Crippen molar-refractivity contribution in [2.75, 3.05) is 7.11 Å². The van der Waals surface area contributed by atoms with Crippen molar-refractivity contribution in [3.8, 4) is 5.75 Å². The van der Waals surface area contributed by atoms with E-state index in [2.05, 4.69) is 0 Å². The highest BCUT2D eigenvalue weighted by atomic mass is 19.1. The first kappa shape index (κ1) is 12.9. The molecule has 1 N–H and O–H groups in total. The number of halogens is 1. The second-order valence-electron chi connectivity index (χ2n) is 5.64. The van der Waals surface area contributed by atoms with E-state index in [1.54, 1.807) is 13.2 Å². The molecule has 3 unspecified atom stereocenters. The fraction of sp³-hybridized carbons (Fsp3) is 0.600. The van der Waals surface area contributed by atoms with Crippen molar-refractivity contribution in [1.82, 2.24) is 0 Å². The van der Waals surface area contributed by atoms with Gasteiger partial charge in [0.2, 0.25) is 0 Å². The summed E-state index contributed by atoms with van der Waals surface area (Å²) in [4.78, 5) is 0. The molecular weight excluding hydrogens is 247 g/mol. The molecule has 0 bridgehead atoms. The van der Waals surface area contributed by atoms with Crippen LogP contribution in [0.15, 0.2) is 18.2 Å². The highest BCUT2D eigenvalue weighted by molar-refractivity contribution is 5.38. The van der Waals surface area contributed by atoms with E-state index >= 15 is 0 Å². The maximum absolute atomic E-state index is 13.3. The summed E-state index contributed by atoms with van der Waals surface area (Å²) in [7, 11) is 1.70. The fourth-order valence-electron chi connectivity index (χ4n) is 3.36. The van der Waals surface area contributed by atoms with Gasteiger partial charge in [-0.2, -0.15) is 0 Å². The highest BCUT2D eigenvalue weighted by Gasteiger charge is 2.44. The van der Waals surface area contributed by atoms with Crippen LogP contribution < -0.4 is 4.74 Å². The average molecular weight is 266 g/mol. The zero-order chi connectivity index (χ0) is 13.5. The summed E-state index contributed by atoms with van der Waals surface area (Å²) in [5.74, 6) is 0.151. The Morgan fingerprint density at radius 1 is 1.42 bits per heavy atom. The third kappa shape index (κ3) is 2.35.